The van der Waals surface area contributed by atoms with Gasteiger partial charge in [-0.25, -0.2) is 9.97 Å². The maximum absolute atomic E-state index is 8.78. The van der Waals surface area contributed by atoms with Crippen molar-refractivity contribution in [1.29, 1.82) is 5.26 Å². The molecule has 15 heavy (non-hydrogen) atoms. The third-order valence-corrected chi connectivity index (χ3v) is 2.72. The molecule has 78 valence electrons. The second-order valence-corrected chi connectivity index (χ2v) is 3.98. The fraction of sp³-hybridized carbons (Fsp3) is 0.444. The molecule has 0 N–H and O–H groups in total. The topological polar surface area (TPSA) is 62.0 Å². The summed E-state index contributed by atoms with van der Waals surface area (Å²) in [6.07, 6.45) is 2.82. The van der Waals surface area contributed by atoms with E-state index in [0.29, 0.717) is 13.2 Å². The summed E-state index contributed by atoms with van der Waals surface area (Å²) < 4.78 is 6.09. The molecule has 1 unspecified atom stereocenters. The SMILES string of the molecule is N#CC1CN(c2ncncc2Br)CCO1. The van der Waals surface area contributed by atoms with Crippen molar-refractivity contribution in [1.82, 2.24) is 9.97 Å². The van der Waals surface area contributed by atoms with Crippen molar-refractivity contribution in [3.63, 3.8) is 0 Å². The first-order chi connectivity index (χ1) is 7.31. The molecule has 0 amide bonds. The number of halogens is 1. The van der Waals surface area contributed by atoms with Crippen LogP contribution in [0.2, 0.25) is 0 Å². The van der Waals surface area contributed by atoms with Crippen molar-refractivity contribution in [2.75, 3.05) is 24.6 Å². The zero-order chi connectivity index (χ0) is 10.7. The predicted octanol–water partition coefficient (Wildman–Crippen LogP) is 0.968. The molecular formula is C9H9BrN4O. The summed E-state index contributed by atoms with van der Waals surface area (Å²) in [7, 11) is 0. The molecule has 5 nitrogen and oxygen atoms in total. The molecule has 0 bridgehead atoms. The Morgan fingerprint density at radius 3 is 3.27 bits per heavy atom. The van der Waals surface area contributed by atoms with Gasteiger partial charge < -0.3 is 9.64 Å². The highest BCUT2D eigenvalue weighted by Gasteiger charge is 2.22. The summed E-state index contributed by atoms with van der Waals surface area (Å²) in [5.41, 5.74) is 0. The van der Waals surface area contributed by atoms with Crippen molar-refractivity contribution in [2.45, 2.75) is 6.10 Å². The number of aromatic nitrogens is 2. The fourth-order valence-corrected chi connectivity index (χ4v) is 1.93. The van der Waals surface area contributed by atoms with Gasteiger partial charge in [-0.15, -0.1) is 0 Å². The predicted molar refractivity (Wildman–Crippen MR) is 57.3 cm³/mol. The van der Waals surface area contributed by atoms with Crippen molar-refractivity contribution in [2.24, 2.45) is 0 Å². The van der Waals surface area contributed by atoms with E-state index >= 15 is 0 Å². The minimum atomic E-state index is -0.374. The molecule has 2 heterocycles. The Morgan fingerprint density at radius 1 is 1.67 bits per heavy atom. The van der Waals surface area contributed by atoms with E-state index in [9.17, 15) is 0 Å². The third kappa shape index (κ3) is 2.25. The molecule has 1 aliphatic heterocycles. The van der Waals surface area contributed by atoms with Crippen LogP contribution >= 0.6 is 15.9 Å². The van der Waals surface area contributed by atoms with E-state index in [2.05, 4.69) is 32.0 Å². The highest BCUT2D eigenvalue weighted by atomic mass is 79.9. The van der Waals surface area contributed by atoms with Gasteiger partial charge >= 0.3 is 0 Å². The number of ether oxygens (including phenoxy) is 1. The van der Waals surface area contributed by atoms with E-state index in [1.807, 2.05) is 4.90 Å². The normalized spacial score (nSPS) is 21.1. The van der Waals surface area contributed by atoms with Crippen LogP contribution in [0.4, 0.5) is 5.82 Å². The Hall–Kier alpha value is -1.19. The van der Waals surface area contributed by atoms with Gasteiger partial charge in [0.1, 0.15) is 12.1 Å². The van der Waals surface area contributed by atoms with Crippen LogP contribution in [0.25, 0.3) is 0 Å². The molecule has 0 radical (unpaired) electrons. The first-order valence-electron chi connectivity index (χ1n) is 4.53. The van der Waals surface area contributed by atoms with E-state index < -0.39 is 0 Å². The number of rotatable bonds is 1. The lowest BCUT2D eigenvalue weighted by Gasteiger charge is -2.30. The maximum Gasteiger partial charge on any atom is 0.161 e. The summed E-state index contributed by atoms with van der Waals surface area (Å²) in [6, 6.07) is 2.10. The zero-order valence-electron chi connectivity index (χ0n) is 7.93. The van der Waals surface area contributed by atoms with Crippen LogP contribution in [0.3, 0.4) is 0 Å². The largest absolute Gasteiger partial charge is 0.360 e. The number of anilines is 1. The van der Waals surface area contributed by atoms with Crippen molar-refractivity contribution < 1.29 is 4.74 Å². The number of nitrogens with zero attached hydrogens (tertiary/aromatic N) is 4. The molecule has 1 aromatic rings. The van der Waals surface area contributed by atoms with Gasteiger partial charge in [-0.05, 0) is 15.9 Å². The van der Waals surface area contributed by atoms with Crippen LogP contribution in [-0.2, 0) is 4.74 Å². The summed E-state index contributed by atoms with van der Waals surface area (Å²) in [4.78, 5) is 10.1. The first kappa shape index (κ1) is 10.3. The lowest BCUT2D eigenvalue weighted by Crippen LogP contribution is -2.42. The van der Waals surface area contributed by atoms with E-state index in [1.165, 1.54) is 6.33 Å². The molecule has 0 saturated carbocycles. The average Bonchev–Trinajstić information content (AvgIpc) is 2.30. The standard InChI is InChI=1S/C9H9BrN4O/c10-8-4-12-6-13-9(8)14-1-2-15-7(3-11)5-14/h4,6-7H,1-2,5H2. The maximum atomic E-state index is 8.78. The van der Waals surface area contributed by atoms with Crippen LogP contribution < -0.4 is 4.90 Å². The Labute approximate surface area is 95.8 Å². The average molecular weight is 269 g/mol. The van der Waals surface area contributed by atoms with Crippen LogP contribution in [0.15, 0.2) is 17.0 Å². The molecular weight excluding hydrogens is 260 g/mol. The number of morpholine rings is 1. The lowest BCUT2D eigenvalue weighted by molar-refractivity contribution is 0.0761. The summed E-state index contributed by atoms with van der Waals surface area (Å²) in [5.74, 6) is 0.813. The summed E-state index contributed by atoms with van der Waals surface area (Å²) >= 11 is 3.38. The van der Waals surface area contributed by atoms with Gasteiger partial charge in [0.05, 0.1) is 23.7 Å². The summed E-state index contributed by atoms with van der Waals surface area (Å²) in [5, 5.41) is 8.78. The van der Waals surface area contributed by atoms with Crippen LogP contribution in [0, 0.1) is 11.3 Å². The molecule has 1 fully saturated rings. The van der Waals surface area contributed by atoms with Gasteiger partial charge in [0, 0.05) is 12.7 Å². The molecule has 1 aromatic heterocycles. The Balaban J connectivity index is 2.18. The van der Waals surface area contributed by atoms with Gasteiger partial charge in [0.2, 0.25) is 0 Å². The van der Waals surface area contributed by atoms with Crippen molar-refractivity contribution in [3.8, 4) is 6.07 Å². The third-order valence-electron chi connectivity index (χ3n) is 2.16. The first-order valence-corrected chi connectivity index (χ1v) is 5.32. The van der Waals surface area contributed by atoms with Gasteiger partial charge in [-0.3, -0.25) is 0 Å². The summed E-state index contributed by atoms with van der Waals surface area (Å²) in [6.45, 7) is 1.84. The minimum absolute atomic E-state index is 0.374. The fourth-order valence-electron chi connectivity index (χ4n) is 1.46. The molecule has 1 aliphatic rings. The smallest absolute Gasteiger partial charge is 0.161 e. The highest BCUT2D eigenvalue weighted by molar-refractivity contribution is 9.10. The van der Waals surface area contributed by atoms with Crippen molar-refractivity contribution in [3.05, 3.63) is 17.0 Å². The molecule has 0 aromatic carbocycles. The molecule has 6 heteroatoms. The Morgan fingerprint density at radius 2 is 2.53 bits per heavy atom. The van der Waals surface area contributed by atoms with Gasteiger partial charge in [-0.1, -0.05) is 0 Å². The molecule has 2 rings (SSSR count). The van der Waals surface area contributed by atoms with Gasteiger partial charge in [0.25, 0.3) is 0 Å². The molecule has 1 saturated heterocycles. The molecule has 1 atom stereocenters. The van der Waals surface area contributed by atoms with E-state index in [0.717, 1.165) is 16.8 Å². The van der Waals surface area contributed by atoms with E-state index in [4.69, 9.17) is 10.00 Å². The number of hydrogen-bond acceptors (Lipinski definition) is 5. The second kappa shape index (κ2) is 4.55. The van der Waals surface area contributed by atoms with Crippen LogP contribution in [0.5, 0.6) is 0 Å². The van der Waals surface area contributed by atoms with E-state index in [1.54, 1.807) is 6.20 Å². The minimum Gasteiger partial charge on any atom is -0.360 e. The molecule has 0 aliphatic carbocycles. The van der Waals surface area contributed by atoms with Crippen molar-refractivity contribution >= 4 is 21.7 Å². The number of nitriles is 1. The highest BCUT2D eigenvalue weighted by Crippen LogP contribution is 2.23. The quantitative estimate of drug-likeness (QED) is 0.760. The Bertz CT molecular complexity index is 392. The second-order valence-electron chi connectivity index (χ2n) is 3.13. The van der Waals surface area contributed by atoms with Gasteiger partial charge in [-0.2, -0.15) is 5.26 Å². The van der Waals surface area contributed by atoms with Gasteiger partial charge in [0.15, 0.2) is 6.10 Å². The lowest BCUT2D eigenvalue weighted by atomic mass is 10.3. The van der Waals surface area contributed by atoms with Crippen LogP contribution in [-0.4, -0.2) is 35.8 Å². The monoisotopic (exact) mass is 268 g/mol. The zero-order valence-corrected chi connectivity index (χ0v) is 9.51. The Kier molecular flexibility index (Phi) is 3.14. The van der Waals surface area contributed by atoms with E-state index in [-0.39, 0.29) is 6.10 Å². The molecule has 0 spiro atoms. The van der Waals surface area contributed by atoms with Crippen LogP contribution in [0.1, 0.15) is 0 Å². The number of hydrogen-bond donors (Lipinski definition) is 0.